The zero-order valence-corrected chi connectivity index (χ0v) is 16.4. The minimum absolute atomic E-state index is 0.0989. The number of benzene rings is 1. The molecule has 140 valence electrons. The molecule has 0 spiro atoms. The van der Waals surface area contributed by atoms with Gasteiger partial charge in [-0.15, -0.1) is 11.3 Å². The molecule has 1 saturated heterocycles. The molecular formula is C17H21N3O4S2. The van der Waals surface area contributed by atoms with E-state index in [1.807, 2.05) is 20.8 Å². The van der Waals surface area contributed by atoms with Crippen LogP contribution in [-0.2, 0) is 14.8 Å². The number of carbonyl (C=O) groups is 1. The fourth-order valence-corrected chi connectivity index (χ4v) is 5.15. The predicted molar refractivity (Wildman–Crippen MR) is 100 cm³/mol. The van der Waals surface area contributed by atoms with Crippen molar-refractivity contribution in [3.05, 3.63) is 40.9 Å². The average molecular weight is 396 g/mol. The summed E-state index contributed by atoms with van der Waals surface area (Å²) >= 11 is 1.36. The number of nitrogens with zero attached hydrogens (tertiary/aromatic N) is 2. The highest BCUT2D eigenvalue weighted by atomic mass is 32.2. The molecule has 1 amide bonds. The van der Waals surface area contributed by atoms with Crippen molar-refractivity contribution in [1.82, 2.24) is 9.29 Å². The van der Waals surface area contributed by atoms with Crippen molar-refractivity contribution in [2.24, 2.45) is 0 Å². The average Bonchev–Trinajstić information content (AvgIpc) is 2.99. The van der Waals surface area contributed by atoms with Crippen LogP contribution in [0.3, 0.4) is 0 Å². The van der Waals surface area contributed by atoms with Crippen LogP contribution in [0.5, 0.6) is 0 Å². The smallest absolute Gasteiger partial charge is 0.257 e. The SMILES string of the molecule is Cc1cnc(NC(=O)c2cccc(S(=O)(=O)N3C[C@@H](C)O[C@@H](C)C3)c2)s1. The fraction of sp³-hybridized carbons (Fsp3) is 0.412. The zero-order valence-electron chi connectivity index (χ0n) is 14.8. The van der Waals surface area contributed by atoms with E-state index in [1.54, 1.807) is 18.3 Å². The summed E-state index contributed by atoms with van der Waals surface area (Å²) in [5.74, 6) is -0.389. The van der Waals surface area contributed by atoms with E-state index < -0.39 is 10.0 Å². The van der Waals surface area contributed by atoms with Crippen molar-refractivity contribution in [2.45, 2.75) is 37.9 Å². The summed E-state index contributed by atoms with van der Waals surface area (Å²) in [6, 6.07) is 6.06. The third-order valence-corrected chi connectivity index (χ3v) is 6.62. The number of hydrogen-bond donors (Lipinski definition) is 1. The zero-order chi connectivity index (χ0) is 18.9. The van der Waals surface area contributed by atoms with Gasteiger partial charge in [0.05, 0.1) is 17.1 Å². The Kier molecular flexibility index (Phi) is 5.42. The molecule has 1 aromatic carbocycles. The predicted octanol–water partition coefficient (Wildman–Crippen LogP) is 2.50. The van der Waals surface area contributed by atoms with Crippen LogP contribution in [0.2, 0.25) is 0 Å². The first-order valence-electron chi connectivity index (χ1n) is 8.25. The van der Waals surface area contributed by atoms with E-state index in [9.17, 15) is 13.2 Å². The van der Waals surface area contributed by atoms with Crippen LogP contribution in [0, 0.1) is 6.92 Å². The highest BCUT2D eigenvalue weighted by Gasteiger charge is 2.32. The Morgan fingerprint density at radius 2 is 2.00 bits per heavy atom. The van der Waals surface area contributed by atoms with Crippen LogP contribution in [0.15, 0.2) is 35.4 Å². The van der Waals surface area contributed by atoms with Gasteiger partial charge in [0.25, 0.3) is 5.91 Å². The molecule has 1 aliphatic rings. The number of ether oxygens (including phenoxy) is 1. The van der Waals surface area contributed by atoms with Gasteiger partial charge in [0, 0.05) is 29.7 Å². The van der Waals surface area contributed by atoms with Crippen molar-refractivity contribution in [1.29, 1.82) is 0 Å². The number of anilines is 1. The van der Waals surface area contributed by atoms with E-state index in [-0.39, 0.29) is 28.6 Å². The van der Waals surface area contributed by atoms with Gasteiger partial charge in [0.1, 0.15) is 0 Å². The lowest BCUT2D eigenvalue weighted by Crippen LogP contribution is -2.48. The summed E-state index contributed by atoms with van der Waals surface area (Å²) in [5.41, 5.74) is 0.272. The van der Waals surface area contributed by atoms with Crippen LogP contribution in [0.25, 0.3) is 0 Å². The molecule has 1 N–H and O–H groups in total. The first-order valence-corrected chi connectivity index (χ1v) is 10.5. The molecule has 2 aromatic rings. The van der Waals surface area contributed by atoms with E-state index >= 15 is 0 Å². The van der Waals surface area contributed by atoms with Gasteiger partial charge in [-0.2, -0.15) is 4.31 Å². The van der Waals surface area contributed by atoms with E-state index in [4.69, 9.17) is 4.74 Å². The molecule has 1 fully saturated rings. The normalized spacial score (nSPS) is 21.5. The second-order valence-corrected chi connectivity index (χ2v) is 9.51. The molecule has 1 aromatic heterocycles. The number of rotatable bonds is 4. The summed E-state index contributed by atoms with van der Waals surface area (Å²) in [6.07, 6.45) is 1.32. The Morgan fingerprint density at radius 3 is 2.62 bits per heavy atom. The minimum atomic E-state index is -3.69. The Morgan fingerprint density at radius 1 is 1.31 bits per heavy atom. The number of morpholine rings is 1. The first-order chi connectivity index (χ1) is 12.3. The molecule has 2 atom stereocenters. The number of amides is 1. The molecule has 7 nitrogen and oxygen atoms in total. The topological polar surface area (TPSA) is 88.6 Å². The Bertz CT molecular complexity index is 900. The van der Waals surface area contributed by atoms with Crippen molar-refractivity contribution in [3.8, 4) is 0 Å². The van der Waals surface area contributed by atoms with E-state index in [1.165, 1.54) is 27.8 Å². The van der Waals surface area contributed by atoms with Crippen molar-refractivity contribution >= 4 is 32.4 Å². The highest BCUT2D eigenvalue weighted by molar-refractivity contribution is 7.89. The largest absolute Gasteiger partial charge is 0.373 e. The molecule has 0 bridgehead atoms. The summed E-state index contributed by atoms with van der Waals surface area (Å²) in [4.78, 5) is 17.6. The van der Waals surface area contributed by atoms with E-state index in [2.05, 4.69) is 10.3 Å². The lowest BCUT2D eigenvalue weighted by Gasteiger charge is -2.34. The first kappa shape index (κ1) is 19.0. The van der Waals surface area contributed by atoms with Gasteiger partial charge in [-0.3, -0.25) is 10.1 Å². The summed E-state index contributed by atoms with van der Waals surface area (Å²) in [6.45, 7) is 6.17. The summed E-state index contributed by atoms with van der Waals surface area (Å²) in [7, 11) is -3.69. The van der Waals surface area contributed by atoms with Crippen LogP contribution in [-0.4, -0.2) is 48.9 Å². The molecule has 0 unspecified atom stereocenters. The number of carbonyl (C=O) groups excluding carboxylic acids is 1. The molecule has 0 aliphatic carbocycles. The van der Waals surface area contributed by atoms with Crippen LogP contribution in [0.4, 0.5) is 5.13 Å². The van der Waals surface area contributed by atoms with Gasteiger partial charge >= 0.3 is 0 Å². The van der Waals surface area contributed by atoms with Crippen molar-refractivity contribution < 1.29 is 17.9 Å². The number of sulfonamides is 1. The molecule has 26 heavy (non-hydrogen) atoms. The fourth-order valence-electron chi connectivity index (χ4n) is 2.86. The Labute approximate surface area is 157 Å². The Hall–Kier alpha value is -1.81. The maximum Gasteiger partial charge on any atom is 0.257 e. The molecule has 0 saturated carbocycles. The second-order valence-electron chi connectivity index (χ2n) is 6.34. The Balaban J connectivity index is 1.82. The number of thiazole rings is 1. The van der Waals surface area contributed by atoms with Crippen LogP contribution < -0.4 is 5.32 Å². The number of nitrogens with one attached hydrogen (secondary N) is 1. The van der Waals surface area contributed by atoms with Gasteiger partial charge in [-0.25, -0.2) is 13.4 Å². The van der Waals surface area contributed by atoms with Crippen molar-refractivity contribution in [3.63, 3.8) is 0 Å². The van der Waals surface area contributed by atoms with E-state index in [0.717, 1.165) is 4.88 Å². The monoisotopic (exact) mass is 395 g/mol. The summed E-state index contributed by atoms with van der Waals surface area (Å²) in [5, 5.41) is 3.17. The lowest BCUT2D eigenvalue weighted by molar-refractivity contribution is -0.0440. The molecule has 9 heteroatoms. The van der Waals surface area contributed by atoms with Gasteiger partial charge < -0.3 is 4.74 Å². The van der Waals surface area contributed by atoms with E-state index in [0.29, 0.717) is 18.2 Å². The van der Waals surface area contributed by atoms with Crippen molar-refractivity contribution in [2.75, 3.05) is 18.4 Å². The van der Waals surface area contributed by atoms with Crippen LogP contribution in [0.1, 0.15) is 29.1 Å². The third kappa shape index (κ3) is 4.12. The second kappa shape index (κ2) is 7.43. The quantitative estimate of drug-likeness (QED) is 0.859. The molecule has 3 rings (SSSR count). The van der Waals surface area contributed by atoms with Gasteiger partial charge in [-0.05, 0) is 39.0 Å². The third-order valence-electron chi connectivity index (χ3n) is 3.96. The molecular weight excluding hydrogens is 374 g/mol. The standard InChI is InChI=1S/C17H21N3O4S2/c1-11-9-20(10-12(2)24-11)26(22,23)15-6-4-5-14(7-15)16(21)19-17-18-8-13(3)25-17/h4-8,11-12H,9-10H2,1-3H3,(H,18,19,21)/t11-,12+. The maximum absolute atomic E-state index is 12.9. The number of aryl methyl sites for hydroxylation is 1. The van der Waals surface area contributed by atoms with Gasteiger partial charge in [0.15, 0.2) is 5.13 Å². The molecule has 2 heterocycles. The van der Waals surface area contributed by atoms with Crippen LogP contribution >= 0.6 is 11.3 Å². The summed E-state index contributed by atoms with van der Waals surface area (Å²) < 4.78 is 32.9. The van der Waals surface area contributed by atoms with Gasteiger partial charge in [0.2, 0.25) is 10.0 Å². The number of hydrogen-bond acceptors (Lipinski definition) is 6. The molecule has 1 aliphatic heterocycles. The minimum Gasteiger partial charge on any atom is -0.373 e. The maximum atomic E-state index is 12.9. The number of aromatic nitrogens is 1. The highest BCUT2D eigenvalue weighted by Crippen LogP contribution is 2.23. The molecule has 0 radical (unpaired) electrons. The lowest BCUT2D eigenvalue weighted by atomic mass is 10.2. The van der Waals surface area contributed by atoms with Gasteiger partial charge in [-0.1, -0.05) is 6.07 Å².